The highest BCUT2D eigenvalue weighted by Crippen LogP contribution is 2.40. The second-order valence-corrected chi connectivity index (χ2v) is 9.17. The molecule has 1 aliphatic rings. The van der Waals surface area contributed by atoms with E-state index in [1.54, 1.807) is 0 Å². The molecule has 1 fully saturated rings. The molecule has 0 bridgehead atoms. The van der Waals surface area contributed by atoms with Gasteiger partial charge in [0, 0.05) is 33.1 Å². The van der Waals surface area contributed by atoms with Crippen LogP contribution in [0.3, 0.4) is 0 Å². The lowest BCUT2D eigenvalue weighted by Crippen LogP contribution is -1.95. The number of aryl methyl sites for hydroxylation is 3. The molecule has 0 amide bonds. The summed E-state index contributed by atoms with van der Waals surface area (Å²) in [5.74, 6) is 0.705. The summed E-state index contributed by atoms with van der Waals surface area (Å²) >= 11 is 0. The van der Waals surface area contributed by atoms with Crippen molar-refractivity contribution in [2.45, 2.75) is 52.4 Å². The summed E-state index contributed by atoms with van der Waals surface area (Å²) < 4.78 is 6.32. The van der Waals surface area contributed by atoms with Crippen LogP contribution in [-0.2, 0) is 0 Å². The molecule has 0 atom stereocenters. The highest BCUT2D eigenvalue weighted by Gasteiger charge is 2.20. The molecule has 3 heteroatoms. The highest BCUT2D eigenvalue weighted by atomic mass is 16.3. The van der Waals surface area contributed by atoms with Crippen LogP contribution in [0.5, 0.6) is 0 Å². The molecular weight excluding hydrogens is 380 g/mol. The topological polar surface area (TPSA) is 38.9 Å². The van der Waals surface area contributed by atoms with Crippen molar-refractivity contribution in [2.75, 3.05) is 0 Å². The van der Waals surface area contributed by atoms with E-state index >= 15 is 0 Å². The van der Waals surface area contributed by atoms with Crippen molar-refractivity contribution in [3.8, 4) is 11.3 Å². The quantitative estimate of drug-likeness (QED) is 0.300. The van der Waals surface area contributed by atoms with Gasteiger partial charge in [-0.3, -0.25) is 4.98 Å². The molecule has 31 heavy (non-hydrogen) atoms. The number of fused-ring (bicyclic) bond motifs is 4. The summed E-state index contributed by atoms with van der Waals surface area (Å²) in [6.45, 7) is 6.22. The van der Waals surface area contributed by atoms with Gasteiger partial charge in [0.25, 0.3) is 0 Å². The second-order valence-electron chi connectivity index (χ2n) is 9.17. The fraction of sp³-hybridized carbons (Fsp3) is 0.286. The SMILES string of the molecule is Cc1cc(-c2nc(C)cc3cc(C4CCCC4)ccc23)c2oc3nc(C)ccc3c2c1. The number of hydrogen-bond donors (Lipinski definition) is 0. The number of nitrogens with zero attached hydrogens (tertiary/aromatic N) is 2. The molecule has 0 unspecified atom stereocenters. The van der Waals surface area contributed by atoms with E-state index in [1.807, 2.05) is 13.0 Å². The highest BCUT2D eigenvalue weighted by molar-refractivity contribution is 6.11. The van der Waals surface area contributed by atoms with Crippen LogP contribution in [0, 0.1) is 20.8 Å². The second kappa shape index (κ2) is 6.91. The van der Waals surface area contributed by atoms with E-state index in [9.17, 15) is 0 Å². The van der Waals surface area contributed by atoms with Crippen LogP contribution in [0.25, 0.3) is 44.1 Å². The van der Waals surface area contributed by atoms with Gasteiger partial charge in [0.05, 0.1) is 5.69 Å². The molecule has 0 saturated heterocycles. The Hall–Kier alpha value is -3.20. The minimum absolute atomic E-state index is 0.697. The predicted octanol–water partition coefficient (Wildman–Crippen LogP) is 7.78. The zero-order valence-electron chi connectivity index (χ0n) is 18.3. The van der Waals surface area contributed by atoms with Crippen molar-refractivity contribution < 1.29 is 4.42 Å². The third-order valence-electron chi connectivity index (χ3n) is 6.79. The lowest BCUT2D eigenvalue weighted by Gasteiger charge is -2.14. The average Bonchev–Trinajstić information content (AvgIpc) is 3.40. The van der Waals surface area contributed by atoms with E-state index in [0.717, 1.165) is 39.0 Å². The van der Waals surface area contributed by atoms with Gasteiger partial charge in [-0.1, -0.05) is 31.0 Å². The number of aromatic nitrogens is 2. The molecule has 3 heterocycles. The Morgan fingerprint density at radius 1 is 0.774 bits per heavy atom. The minimum Gasteiger partial charge on any atom is -0.437 e. The molecule has 6 rings (SSSR count). The van der Waals surface area contributed by atoms with Crippen LogP contribution in [-0.4, -0.2) is 9.97 Å². The van der Waals surface area contributed by atoms with Crippen molar-refractivity contribution in [1.82, 2.24) is 9.97 Å². The number of furan rings is 1. The van der Waals surface area contributed by atoms with Gasteiger partial charge in [0.2, 0.25) is 5.71 Å². The maximum absolute atomic E-state index is 6.32. The van der Waals surface area contributed by atoms with Crippen molar-refractivity contribution in [3.05, 3.63) is 71.0 Å². The molecular formula is C28H26N2O. The van der Waals surface area contributed by atoms with Gasteiger partial charge in [-0.05, 0) is 86.4 Å². The van der Waals surface area contributed by atoms with Gasteiger partial charge in [0.1, 0.15) is 5.58 Å². The van der Waals surface area contributed by atoms with Crippen molar-refractivity contribution in [1.29, 1.82) is 0 Å². The minimum atomic E-state index is 0.697. The van der Waals surface area contributed by atoms with Gasteiger partial charge in [0.15, 0.2) is 0 Å². The van der Waals surface area contributed by atoms with E-state index in [2.05, 4.69) is 61.3 Å². The van der Waals surface area contributed by atoms with Gasteiger partial charge in [-0.25, -0.2) is 4.98 Å². The van der Waals surface area contributed by atoms with Crippen molar-refractivity contribution >= 4 is 32.8 Å². The van der Waals surface area contributed by atoms with Gasteiger partial charge < -0.3 is 4.42 Å². The zero-order chi connectivity index (χ0) is 21.1. The molecule has 0 radical (unpaired) electrons. The maximum Gasteiger partial charge on any atom is 0.227 e. The third kappa shape index (κ3) is 3.03. The average molecular weight is 407 g/mol. The molecule has 0 aliphatic heterocycles. The van der Waals surface area contributed by atoms with E-state index in [-0.39, 0.29) is 0 Å². The summed E-state index contributed by atoms with van der Waals surface area (Å²) in [5.41, 5.74) is 8.28. The number of benzene rings is 2. The molecule has 3 nitrogen and oxygen atoms in total. The molecule has 2 aromatic carbocycles. The van der Waals surface area contributed by atoms with Crippen molar-refractivity contribution in [2.24, 2.45) is 0 Å². The molecule has 0 N–H and O–H groups in total. The lowest BCUT2D eigenvalue weighted by molar-refractivity contribution is 0.653. The summed E-state index contributed by atoms with van der Waals surface area (Å²) in [7, 11) is 0. The Morgan fingerprint density at radius 3 is 2.42 bits per heavy atom. The fourth-order valence-corrected chi connectivity index (χ4v) is 5.30. The monoisotopic (exact) mass is 406 g/mol. The Bertz CT molecular complexity index is 1470. The molecule has 1 saturated carbocycles. The summed E-state index contributed by atoms with van der Waals surface area (Å²) in [4.78, 5) is 9.62. The molecule has 154 valence electrons. The van der Waals surface area contributed by atoms with E-state index in [0.29, 0.717) is 11.6 Å². The summed E-state index contributed by atoms with van der Waals surface area (Å²) in [5, 5.41) is 4.62. The number of pyridine rings is 2. The first-order valence-electron chi connectivity index (χ1n) is 11.3. The van der Waals surface area contributed by atoms with Crippen LogP contribution >= 0.6 is 0 Å². The Kier molecular flexibility index (Phi) is 4.14. The molecule has 0 spiro atoms. The van der Waals surface area contributed by atoms with E-state index in [1.165, 1.54) is 47.6 Å². The summed E-state index contributed by atoms with van der Waals surface area (Å²) in [6.07, 6.45) is 5.33. The van der Waals surface area contributed by atoms with Crippen LogP contribution in [0.4, 0.5) is 0 Å². The Morgan fingerprint density at radius 2 is 1.58 bits per heavy atom. The number of hydrogen-bond acceptors (Lipinski definition) is 3. The normalized spacial score (nSPS) is 14.9. The smallest absolute Gasteiger partial charge is 0.227 e. The Labute approximate surface area is 182 Å². The van der Waals surface area contributed by atoms with Gasteiger partial charge in [-0.2, -0.15) is 0 Å². The van der Waals surface area contributed by atoms with Crippen LogP contribution < -0.4 is 0 Å². The number of rotatable bonds is 2. The first-order valence-corrected chi connectivity index (χ1v) is 11.3. The predicted molar refractivity (Wildman–Crippen MR) is 128 cm³/mol. The summed E-state index contributed by atoms with van der Waals surface area (Å²) in [6, 6.07) is 17.7. The van der Waals surface area contributed by atoms with Crippen molar-refractivity contribution in [3.63, 3.8) is 0 Å². The Balaban J connectivity index is 1.63. The van der Waals surface area contributed by atoms with E-state index in [4.69, 9.17) is 9.40 Å². The van der Waals surface area contributed by atoms with Gasteiger partial charge in [-0.15, -0.1) is 0 Å². The third-order valence-corrected chi connectivity index (χ3v) is 6.79. The standard InChI is InChI=1S/C28H26N2O/c1-16-12-24-23-10-8-17(2)30-28(23)31-27(24)25(13-16)26-22-11-9-20(19-6-4-5-7-19)15-21(22)14-18(3)29-26/h8-15,19H,4-7H2,1-3H3. The zero-order valence-corrected chi connectivity index (χ0v) is 18.3. The fourth-order valence-electron chi connectivity index (χ4n) is 5.30. The molecule has 3 aromatic heterocycles. The largest absolute Gasteiger partial charge is 0.437 e. The van der Waals surface area contributed by atoms with E-state index < -0.39 is 0 Å². The first kappa shape index (κ1) is 18.6. The van der Waals surface area contributed by atoms with Crippen LogP contribution in [0.15, 0.2) is 52.9 Å². The first-order chi connectivity index (χ1) is 15.1. The van der Waals surface area contributed by atoms with Crippen LogP contribution in [0.1, 0.15) is 54.1 Å². The maximum atomic E-state index is 6.32. The van der Waals surface area contributed by atoms with Crippen LogP contribution in [0.2, 0.25) is 0 Å². The molecule has 5 aromatic rings. The lowest BCUT2D eigenvalue weighted by atomic mass is 9.93. The van der Waals surface area contributed by atoms with Gasteiger partial charge >= 0.3 is 0 Å². The molecule has 1 aliphatic carbocycles.